The molecule has 0 atom stereocenters. The van der Waals surface area contributed by atoms with Crippen molar-refractivity contribution in [2.45, 2.75) is 6.92 Å². The van der Waals surface area contributed by atoms with E-state index in [-0.39, 0.29) is 12.4 Å². The van der Waals surface area contributed by atoms with Gasteiger partial charge in [-0.05, 0) is 48.9 Å². The SMILES string of the molecule is COc1ccc(C(=O)COc2ccc(C)cc2N)cc1. The maximum Gasteiger partial charge on any atom is 0.200 e. The second-order valence-electron chi connectivity index (χ2n) is 4.48. The number of ether oxygens (including phenoxy) is 2. The van der Waals surface area contributed by atoms with Gasteiger partial charge in [0.1, 0.15) is 11.5 Å². The predicted octanol–water partition coefficient (Wildman–Crippen LogP) is 2.85. The van der Waals surface area contributed by atoms with Crippen molar-refractivity contribution in [2.24, 2.45) is 0 Å². The molecule has 0 saturated carbocycles. The molecule has 0 bridgehead atoms. The molecular weight excluding hydrogens is 254 g/mol. The summed E-state index contributed by atoms with van der Waals surface area (Å²) in [5.74, 6) is 1.13. The van der Waals surface area contributed by atoms with Crippen LogP contribution in [0.1, 0.15) is 15.9 Å². The average molecular weight is 271 g/mol. The van der Waals surface area contributed by atoms with Crippen molar-refractivity contribution in [3.8, 4) is 11.5 Å². The van der Waals surface area contributed by atoms with Gasteiger partial charge in [0.15, 0.2) is 12.4 Å². The van der Waals surface area contributed by atoms with Gasteiger partial charge in [0.25, 0.3) is 0 Å². The van der Waals surface area contributed by atoms with Crippen LogP contribution in [0.25, 0.3) is 0 Å². The molecule has 2 aromatic carbocycles. The highest BCUT2D eigenvalue weighted by molar-refractivity contribution is 5.97. The summed E-state index contributed by atoms with van der Waals surface area (Å²) in [6.45, 7) is 1.90. The Morgan fingerprint density at radius 2 is 1.85 bits per heavy atom. The van der Waals surface area contributed by atoms with E-state index in [1.807, 2.05) is 19.1 Å². The van der Waals surface area contributed by atoms with Crippen LogP contribution in [0, 0.1) is 6.92 Å². The molecular formula is C16H17NO3. The van der Waals surface area contributed by atoms with E-state index < -0.39 is 0 Å². The third-order valence-electron chi connectivity index (χ3n) is 2.94. The van der Waals surface area contributed by atoms with Crippen molar-refractivity contribution in [1.82, 2.24) is 0 Å². The van der Waals surface area contributed by atoms with E-state index in [4.69, 9.17) is 15.2 Å². The number of hydrogen-bond donors (Lipinski definition) is 1. The normalized spacial score (nSPS) is 10.1. The van der Waals surface area contributed by atoms with Gasteiger partial charge < -0.3 is 15.2 Å². The van der Waals surface area contributed by atoms with Crippen LogP contribution in [0.5, 0.6) is 11.5 Å². The first kappa shape index (κ1) is 13.9. The fraction of sp³-hybridized carbons (Fsp3) is 0.188. The van der Waals surface area contributed by atoms with Gasteiger partial charge >= 0.3 is 0 Å². The Balaban J connectivity index is 2.00. The third-order valence-corrected chi connectivity index (χ3v) is 2.94. The summed E-state index contributed by atoms with van der Waals surface area (Å²) in [4.78, 5) is 12.0. The molecule has 4 nitrogen and oxygen atoms in total. The molecule has 104 valence electrons. The molecule has 0 radical (unpaired) electrons. The number of methoxy groups -OCH3 is 1. The highest BCUT2D eigenvalue weighted by Crippen LogP contribution is 2.22. The molecule has 0 amide bonds. The monoisotopic (exact) mass is 271 g/mol. The molecule has 0 fully saturated rings. The average Bonchev–Trinajstić information content (AvgIpc) is 2.46. The minimum atomic E-state index is -0.104. The van der Waals surface area contributed by atoms with Crippen molar-refractivity contribution in [1.29, 1.82) is 0 Å². The van der Waals surface area contributed by atoms with Gasteiger partial charge in [-0.2, -0.15) is 0 Å². The third kappa shape index (κ3) is 3.29. The van der Waals surface area contributed by atoms with E-state index in [2.05, 4.69) is 0 Å². The number of carbonyl (C=O) groups is 1. The molecule has 0 aliphatic rings. The molecule has 0 aromatic heterocycles. The maximum atomic E-state index is 12.0. The summed E-state index contributed by atoms with van der Waals surface area (Å²) in [7, 11) is 1.58. The summed E-state index contributed by atoms with van der Waals surface area (Å²) >= 11 is 0. The van der Waals surface area contributed by atoms with Crippen molar-refractivity contribution in [2.75, 3.05) is 19.5 Å². The Morgan fingerprint density at radius 1 is 1.15 bits per heavy atom. The number of Topliss-reactive ketones (excluding diaryl/α,β-unsaturated/α-hetero) is 1. The summed E-state index contributed by atoms with van der Waals surface area (Å²) < 4.78 is 10.5. The second-order valence-corrected chi connectivity index (χ2v) is 4.48. The number of rotatable bonds is 5. The van der Waals surface area contributed by atoms with Crippen LogP contribution in [0.4, 0.5) is 5.69 Å². The largest absolute Gasteiger partial charge is 0.497 e. The smallest absolute Gasteiger partial charge is 0.200 e. The minimum absolute atomic E-state index is 0.0421. The second kappa shape index (κ2) is 6.10. The van der Waals surface area contributed by atoms with Crippen molar-refractivity contribution < 1.29 is 14.3 Å². The molecule has 4 heteroatoms. The van der Waals surface area contributed by atoms with Gasteiger partial charge in [-0.15, -0.1) is 0 Å². The van der Waals surface area contributed by atoms with Gasteiger partial charge in [-0.3, -0.25) is 4.79 Å². The number of hydrogen-bond acceptors (Lipinski definition) is 4. The Labute approximate surface area is 118 Å². The first-order valence-electron chi connectivity index (χ1n) is 6.26. The lowest BCUT2D eigenvalue weighted by molar-refractivity contribution is 0.0922. The van der Waals surface area contributed by atoms with E-state index in [1.165, 1.54) is 0 Å². The van der Waals surface area contributed by atoms with Crippen LogP contribution in [-0.2, 0) is 0 Å². The van der Waals surface area contributed by atoms with E-state index >= 15 is 0 Å². The summed E-state index contributed by atoms with van der Waals surface area (Å²) in [6.07, 6.45) is 0. The molecule has 0 unspecified atom stereocenters. The Kier molecular flexibility index (Phi) is 4.25. The van der Waals surface area contributed by atoms with Crippen molar-refractivity contribution >= 4 is 11.5 Å². The summed E-state index contributed by atoms with van der Waals surface area (Å²) in [6, 6.07) is 12.4. The fourth-order valence-electron chi connectivity index (χ4n) is 1.80. The van der Waals surface area contributed by atoms with Gasteiger partial charge in [-0.25, -0.2) is 0 Å². The molecule has 0 aliphatic heterocycles. The maximum absolute atomic E-state index is 12.0. The number of nitrogens with two attached hydrogens (primary N) is 1. The minimum Gasteiger partial charge on any atom is -0.497 e. The Morgan fingerprint density at radius 3 is 2.45 bits per heavy atom. The van der Waals surface area contributed by atoms with Crippen LogP contribution in [0.3, 0.4) is 0 Å². The lowest BCUT2D eigenvalue weighted by atomic mass is 10.1. The zero-order valence-electron chi connectivity index (χ0n) is 11.6. The molecule has 0 saturated heterocycles. The number of ketones is 1. The van der Waals surface area contributed by atoms with Crippen LogP contribution < -0.4 is 15.2 Å². The molecule has 0 spiro atoms. The van der Waals surface area contributed by atoms with Gasteiger partial charge in [0.2, 0.25) is 0 Å². The molecule has 2 aromatic rings. The number of anilines is 1. The molecule has 2 N–H and O–H groups in total. The Bertz CT molecular complexity index is 606. The number of benzene rings is 2. The quantitative estimate of drug-likeness (QED) is 0.671. The summed E-state index contributed by atoms with van der Waals surface area (Å²) in [5.41, 5.74) is 8.00. The first-order valence-corrected chi connectivity index (χ1v) is 6.26. The summed E-state index contributed by atoms with van der Waals surface area (Å²) in [5, 5.41) is 0. The zero-order chi connectivity index (χ0) is 14.5. The van der Waals surface area contributed by atoms with Crippen LogP contribution in [0.15, 0.2) is 42.5 Å². The van der Waals surface area contributed by atoms with Crippen LogP contribution in [-0.4, -0.2) is 19.5 Å². The van der Waals surface area contributed by atoms with Crippen molar-refractivity contribution in [3.05, 3.63) is 53.6 Å². The Hall–Kier alpha value is -2.49. The van der Waals surface area contributed by atoms with Crippen molar-refractivity contribution in [3.63, 3.8) is 0 Å². The first-order chi connectivity index (χ1) is 9.60. The highest BCUT2D eigenvalue weighted by atomic mass is 16.5. The molecule has 0 heterocycles. The lowest BCUT2D eigenvalue weighted by Gasteiger charge is -2.09. The lowest BCUT2D eigenvalue weighted by Crippen LogP contribution is -2.12. The van der Waals surface area contributed by atoms with Crippen LogP contribution in [0.2, 0.25) is 0 Å². The van der Waals surface area contributed by atoms with Gasteiger partial charge in [0.05, 0.1) is 12.8 Å². The van der Waals surface area contributed by atoms with Crippen LogP contribution >= 0.6 is 0 Å². The van der Waals surface area contributed by atoms with Gasteiger partial charge in [-0.1, -0.05) is 6.07 Å². The molecule has 0 aliphatic carbocycles. The fourth-order valence-corrected chi connectivity index (χ4v) is 1.80. The van der Waals surface area contributed by atoms with E-state index in [1.54, 1.807) is 37.4 Å². The van der Waals surface area contributed by atoms with E-state index in [0.29, 0.717) is 22.7 Å². The number of carbonyl (C=O) groups excluding carboxylic acids is 1. The zero-order valence-corrected chi connectivity index (χ0v) is 11.6. The molecule has 2 rings (SSSR count). The topological polar surface area (TPSA) is 61.5 Å². The number of nitrogen functional groups attached to an aromatic ring is 1. The predicted molar refractivity (Wildman–Crippen MR) is 78.4 cm³/mol. The van der Waals surface area contributed by atoms with Gasteiger partial charge in [0, 0.05) is 5.56 Å². The highest BCUT2D eigenvalue weighted by Gasteiger charge is 2.08. The van der Waals surface area contributed by atoms with E-state index in [0.717, 1.165) is 5.56 Å². The van der Waals surface area contributed by atoms with E-state index in [9.17, 15) is 4.79 Å². The number of aryl methyl sites for hydroxylation is 1. The molecule has 20 heavy (non-hydrogen) atoms. The standard InChI is InChI=1S/C16H17NO3/c1-11-3-8-16(14(17)9-11)20-10-15(18)12-4-6-13(19-2)7-5-12/h3-9H,10,17H2,1-2H3.